The molecule has 20 heavy (non-hydrogen) atoms. The van der Waals surface area contributed by atoms with Crippen molar-refractivity contribution in [2.45, 2.75) is 20.0 Å². The van der Waals surface area contributed by atoms with Crippen molar-refractivity contribution in [1.29, 1.82) is 0 Å². The summed E-state index contributed by atoms with van der Waals surface area (Å²) in [7, 11) is 0. The maximum absolute atomic E-state index is 12.3. The first-order valence-electron chi connectivity index (χ1n) is 6.47. The molecule has 1 atom stereocenters. The Kier molecular flexibility index (Phi) is 5.75. The third kappa shape index (κ3) is 4.69. The Hall–Kier alpha value is -1.83. The summed E-state index contributed by atoms with van der Waals surface area (Å²) in [4.78, 5) is 37.0. The minimum atomic E-state index is -1.10. The van der Waals surface area contributed by atoms with Gasteiger partial charge in [-0.05, 0) is 5.92 Å². The van der Waals surface area contributed by atoms with E-state index >= 15 is 0 Å². The Balaban J connectivity index is 2.72. The Labute approximate surface area is 117 Å². The predicted molar refractivity (Wildman–Crippen MR) is 70.0 cm³/mol. The molecular weight excluding hydrogens is 266 g/mol. The minimum absolute atomic E-state index is 0.0263. The fraction of sp³-hybridized carbons (Fsp3) is 0.750. The summed E-state index contributed by atoms with van der Waals surface area (Å²) >= 11 is 0. The number of nitrogens with two attached hydrogens (primary N) is 1. The molecule has 0 spiro atoms. The molecule has 1 unspecified atom stereocenters. The first-order valence-corrected chi connectivity index (χ1v) is 6.47. The van der Waals surface area contributed by atoms with Gasteiger partial charge in [0, 0.05) is 13.1 Å². The molecule has 1 rings (SSSR count). The van der Waals surface area contributed by atoms with Gasteiger partial charge in [0.2, 0.25) is 5.91 Å². The number of nitrogens with zero attached hydrogens (tertiary/aromatic N) is 2. The van der Waals surface area contributed by atoms with Gasteiger partial charge < -0.3 is 25.4 Å². The van der Waals surface area contributed by atoms with E-state index in [1.165, 1.54) is 9.80 Å². The molecule has 0 bridgehead atoms. The van der Waals surface area contributed by atoms with Gasteiger partial charge in [-0.25, -0.2) is 9.59 Å². The largest absolute Gasteiger partial charge is 0.479 e. The number of ether oxygens (including phenoxy) is 1. The van der Waals surface area contributed by atoms with Crippen molar-refractivity contribution in [3.8, 4) is 0 Å². The summed E-state index contributed by atoms with van der Waals surface area (Å²) in [6.07, 6.45) is -1.03. The van der Waals surface area contributed by atoms with Crippen LogP contribution in [0.25, 0.3) is 0 Å². The summed E-state index contributed by atoms with van der Waals surface area (Å²) in [6, 6.07) is -0.382. The van der Waals surface area contributed by atoms with Crippen LogP contribution in [0.5, 0.6) is 0 Å². The lowest BCUT2D eigenvalue weighted by Crippen LogP contribution is -2.54. The van der Waals surface area contributed by atoms with Gasteiger partial charge in [0.1, 0.15) is 6.54 Å². The number of primary amides is 1. The molecule has 0 aromatic heterocycles. The highest BCUT2D eigenvalue weighted by molar-refractivity contribution is 5.83. The number of hydrogen-bond donors (Lipinski definition) is 2. The van der Waals surface area contributed by atoms with Crippen molar-refractivity contribution in [3.05, 3.63) is 0 Å². The van der Waals surface area contributed by atoms with Crippen molar-refractivity contribution in [1.82, 2.24) is 9.80 Å². The fourth-order valence-corrected chi connectivity index (χ4v) is 2.01. The molecule has 1 saturated heterocycles. The van der Waals surface area contributed by atoms with Crippen LogP contribution in [0.15, 0.2) is 0 Å². The minimum Gasteiger partial charge on any atom is -0.479 e. The van der Waals surface area contributed by atoms with Gasteiger partial charge in [0.05, 0.1) is 13.2 Å². The second kappa shape index (κ2) is 7.09. The lowest BCUT2D eigenvalue weighted by Gasteiger charge is -2.35. The summed E-state index contributed by atoms with van der Waals surface area (Å²) in [5.41, 5.74) is 5.14. The molecule has 0 aromatic rings. The van der Waals surface area contributed by atoms with E-state index in [0.29, 0.717) is 13.1 Å². The normalized spacial score (nSPS) is 18.9. The van der Waals surface area contributed by atoms with Crippen LogP contribution in [0.3, 0.4) is 0 Å². The lowest BCUT2D eigenvalue weighted by atomic mass is 10.2. The number of rotatable bonds is 5. The predicted octanol–water partition coefficient (Wildman–Crippen LogP) is -0.665. The average molecular weight is 287 g/mol. The number of aliphatic carboxylic acids is 1. The molecule has 3 N–H and O–H groups in total. The van der Waals surface area contributed by atoms with Crippen LogP contribution in [-0.4, -0.2) is 71.7 Å². The summed E-state index contributed by atoms with van der Waals surface area (Å²) in [5.74, 6) is -1.52. The molecule has 0 saturated carbocycles. The first-order chi connectivity index (χ1) is 9.31. The zero-order chi connectivity index (χ0) is 15.3. The molecule has 1 heterocycles. The quantitative estimate of drug-likeness (QED) is 0.696. The van der Waals surface area contributed by atoms with Crippen molar-refractivity contribution >= 4 is 17.9 Å². The molecule has 8 nitrogen and oxygen atoms in total. The molecular formula is C12H21N3O5. The first kappa shape index (κ1) is 16.2. The number of carboxylic acids is 1. The highest BCUT2D eigenvalue weighted by Crippen LogP contribution is 2.10. The molecule has 1 aliphatic rings. The molecule has 3 amide bonds. The maximum Gasteiger partial charge on any atom is 0.334 e. The van der Waals surface area contributed by atoms with Crippen molar-refractivity contribution in [2.75, 3.05) is 32.8 Å². The van der Waals surface area contributed by atoms with Crippen LogP contribution in [0.2, 0.25) is 0 Å². The number of morpholine rings is 1. The van der Waals surface area contributed by atoms with Gasteiger partial charge >= 0.3 is 12.0 Å². The van der Waals surface area contributed by atoms with Crippen molar-refractivity contribution < 1.29 is 24.2 Å². The van der Waals surface area contributed by atoms with E-state index in [2.05, 4.69) is 0 Å². The van der Waals surface area contributed by atoms with E-state index in [1.807, 2.05) is 13.8 Å². The summed E-state index contributed by atoms with van der Waals surface area (Å²) < 4.78 is 5.06. The second-order valence-corrected chi connectivity index (χ2v) is 5.17. The second-order valence-electron chi connectivity index (χ2n) is 5.17. The highest BCUT2D eigenvalue weighted by Gasteiger charge is 2.31. The highest BCUT2D eigenvalue weighted by atomic mass is 16.5. The van der Waals surface area contributed by atoms with E-state index in [0.717, 1.165) is 0 Å². The zero-order valence-corrected chi connectivity index (χ0v) is 11.7. The maximum atomic E-state index is 12.3. The number of amides is 3. The van der Waals surface area contributed by atoms with Crippen molar-refractivity contribution in [3.63, 3.8) is 0 Å². The van der Waals surface area contributed by atoms with E-state index < -0.39 is 18.0 Å². The molecule has 0 aromatic carbocycles. The Bertz CT molecular complexity index is 385. The Morgan fingerprint density at radius 1 is 1.45 bits per heavy atom. The lowest BCUT2D eigenvalue weighted by molar-refractivity contribution is -0.154. The van der Waals surface area contributed by atoms with E-state index in [1.54, 1.807) is 0 Å². The third-order valence-electron chi connectivity index (χ3n) is 2.82. The number of urea groups is 1. The van der Waals surface area contributed by atoms with Gasteiger partial charge in [0.15, 0.2) is 6.10 Å². The van der Waals surface area contributed by atoms with E-state index in [-0.39, 0.29) is 31.6 Å². The number of carbonyl (C=O) groups excluding carboxylic acids is 2. The van der Waals surface area contributed by atoms with Crippen LogP contribution in [-0.2, 0) is 14.3 Å². The van der Waals surface area contributed by atoms with E-state index in [4.69, 9.17) is 15.6 Å². The molecule has 1 aliphatic heterocycles. The van der Waals surface area contributed by atoms with Crippen LogP contribution < -0.4 is 5.73 Å². The van der Waals surface area contributed by atoms with Gasteiger partial charge in [-0.2, -0.15) is 0 Å². The van der Waals surface area contributed by atoms with Gasteiger partial charge in [-0.15, -0.1) is 0 Å². The number of carboxylic acid groups (broad SMARTS) is 1. The van der Waals surface area contributed by atoms with Gasteiger partial charge in [0.25, 0.3) is 0 Å². The van der Waals surface area contributed by atoms with Crippen LogP contribution in [0, 0.1) is 5.92 Å². The van der Waals surface area contributed by atoms with Crippen LogP contribution >= 0.6 is 0 Å². The Morgan fingerprint density at radius 2 is 2.10 bits per heavy atom. The molecule has 0 aliphatic carbocycles. The summed E-state index contributed by atoms with van der Waals surface area (Å²) in [6.45, 7) is 4.48. The number of carbonyl (C=O) groups is 3. The van der Waals surface area contributed by atoms with Crippen LogP contribution in [0.4, 0.5) is 4.79 Å². The molecule has 0 radical (unpaired) electrons. The van der Waals surface area contributed by atoms with Crippen LogP contribution in [0.1, 0.15) is 13.8 Å². The Morgan fingerprint density at radius 3 is 2.60 bits per heavy atom. The average Bonchev–Trinajstić information content (AvgIpc) is 2.36. The van der Waals surface area contributed by atoms with Gasteiger partial charge in [-0.1, -0.05) is 13.8 Å². The molecule has 8 heteroatoms. The third-order valence-corrected chi connectivity index (χ3v) is 2.82. The fourth-order valence-electron chi connectivity index (χ4n) is 2.01. The van der Waals surface area contributed by atoms with Crippen molar-refractivity contribution in [2.24, 2.45) is 11.7 Å². The molecule has 114 valence electrons. The standard InChI is InChI=1S/C12H21N3O5/c1-8(2)5-15(7-10(13)16)12(19)14-3-4-20-9(6-14)11(17)18/h8-9H,3-7H2,1-2H3,(H2,13,16)(H,17,18). The zero-order valence-electron chi connectivity index (χ0n) is 11.7. The SMILES string of the molecule is CC(C)CN(CC(N)=O)C(=O)N1CCOC(C(=O)O)C1. The number of hydrogen-bond acceptors (Lipinski definition) is 4. The summed E-state index contributed by atoms with van der Waals surface area (Å²) in [5, 5.41) is 8.92. The van der Waals surface area contributed by atoms with E-state index in [9.17, 15) is 14.4 Å². The smallest absolute Gasteiger partial charge is 0.334 e. The monoisotopic (exact) mass is 287 g/mol. The molecule has 1 fully saturated rings. The van der Waals surface area contributed by atoms with Gasteiger partial charge in [-0.3, -0.25) is 4.79 Å². The topological polar surface area (TPSA) is 113 Å².